The molecule has 3 aliphatic heterocycles. The highest BCUT2D eigenvalue weighted by atomic mass is 16.6. The van der Waals surface area contributed by atoms with Gasteiger partial charge in [-0.25, -0.2) is 14.8 Å². The molecule has 2 aromatic carbocycles. The molecule has 0 radical (unpaired) electrons. The molecule has 0 spiro atoms. The molecule has 0 bridgehead atoms. The fourth-order valence-corrected chi connectivity index (χ4v) is 7.41. The van der Waals surface area contributed by atoms with E-state index < -0.39 is 5.60 Å². The summed E-state index contributed by atoms with van der Waals surface area (Å²) >= 11 is 0. The fourth-order valence-electron chi connectivity index (χ4n) is 7.41. The maximum Gasteiger partial charge on any atom is 0.410 e. The second kappa shape index (κ2) is 14.5. The Bertz CT molecular complexity index is 1900. The predicted octanol–water partition coefficient (Wildman–Crippen LogP) is 6.78. The zero-order valence-electron chi connectivity index (χ0n) is 31.1. The molecule has 2 fully saturated rings. The molecule has 0 aliphatic carbocycles. The van der Waals surface area contributed by atoms with Crippen molar-refractivity contribution in [3.8, 4) is 33.6 Å². The van der Waals surface area contributed by atoms with Crippen molar-refractivity contribution in [2.45, 2.75) is 84.0 Å². The van der Waals surface area contributed by atoms with Crippen LogP contribution in [0.3, 0.4) is 0 Å². The molecule has 52 heavy (non-hydrogen) atoms. The van der Waals surface area contributed by atoms with Crippen LogP contribution in [0.2, 0.25) is 0 Å². The van der Waals surface area contributed by atoms with Gasteiger partial charge in [-0.2, -0.15) is 0 Å². The van der Waals surface area contributed by atoms with Crippen molar-refractivity contribution < 1.29 is 14.3 Å². The fraction of sp³-hybridized carbons (Fsp3) is 0.475. The minimum Gasteiger partial charge on any atom is -0.444 e. The van der Waals surface area contributed by atoms with Gasteiger partial charge in [-0.1, -0.05) is 62.4 Å². The van der Waals surface area contributed by atoms with Gasteiger partial charge in [-0.3, -0.25) is 14.7 Å². The van der Waals surface area contributed by atoms with Gasteiger partial charge in [-0.15, -0.1) is 0 Å². The van der Waals surface area contributed by atoms with Gasteiger partial charge in [0.25, 0.3) is 0 Å². The number of aromatic amines is 2. The Morgan fingerprint density at radius 2 is 1.29 bits per heavy atom. The SMILES string of the molecule is CC(C)[C@H](NC1=NCCN1C)C(=O)N1CCC[C@H]1c1ncc(-c2ccc(-c3ccc(-c4cnc([C@@H]5CCCN5C(=O)OC(C)(C)C)[nH]4)cc3)cc2)[nH]1. The number of ether oxygens (including phenoxy) is 1. The number of aromatic nitrogens is 4. The molecule has 2 amide bonds. The number of carbonyl (C=O) groups excluding carboxylic acids is 2. The molecule has 12 heteroatoms. The van der Waals surface area contributed by atoms with Crippen LogP contribution in [-0.4, -0.2) is 97.5 Å². The molecular weight excluding hydrogens is 655 g/mol. The minimum atomic E-state index is -0.539. The van der Waals surface area contributed by atoms with Crippen LogP contribution in [0.4, 0.5) is 4.79 Å². The summed E-state index contributed by atoms with van der Waals surface area (Å²) < 4.78 is 5.64. The van der Waals surface area contributed by atoms with Crippen molar-refractivity contribution >= 4 is 18.0 Å². The van der Waals surface area contributed by atoms with E-state index in [1.54, 1.807) is 4.90 Å². The number of likely N-dealkylation sites (N-methyl/N-ethyl adjacent to an activating group) is 1. The van der Waals surface area contributed by atoms with Crippen molar-refractivity contribution in [2.75, 3.05) is 33.2 Å². The first kappa shape index (κ1) is 35.3. The summed E-state index contributed by atoms with van der Waals surface area (Å²) in [5.41, 5.74) is 5.59. The van der Waals surface area contributed by atoms with Crippen molar-refractivity contribution in [3.63, 3.8) is 0 Å². The van der Waals surface area contributed by atoms with Crippen molar-refractivity contribution in [1.82, 2.24) is 40.0 Å². The number of H-pyrrole nitrogens is 2. The maximum absolute atomic E-state index is 13.9. The lowest BCUT2D eigenvalue weighted by Gasteiger charge is -2.31. The summed E-state index contributed by atoms with van der Waals surface area (Å²) in [5, 5.41) is 3.43. The van der Waals surface area contributed by atoms with Gasteiger partial charge >= 0.3 is 6.09 Å². The average molecular weight is 706 g/mol. The van der Waals surface area contributed by atoms with Crippen molar-refractivity contribution in [2.24, 2.45) is 10.9 Å². The summed E-state index contributed by atoms with van der Waals surface area (Å²) in [4.78, 5) is 53.5. The number of carbonyl (C=O) groups is 2. The number of nitrogens with zero attached hydrogens (tertiary/aromatic N) is 6. The van der Waals surface area contributed by atoms with E-state index in [1.165, 1.54) is 0 Å². The van der Waals surface area contributed by atoms with E-state index in [0.29, 0.717) is 6.54 Å². The normalized spacial score (nSPS) is 19.8. The molecule has 4 aromatic rings. The average Bonchev–Trinajstić information content (AvgIpc) is 3.96. The van der Waals surface area contributed by atoms with Crippen LogP contribution in [-0.2, 0) is 9.53 Å². The van der Waals surface area contributed by atoms with Crippen molar-refractivity contribution in [1.29, 1.82) is 0 Å². The number of aliphatic imine (C=N–C) groups is 1. The lowest BCUT2D eigenvalue weighted by Crippen LogP contribution is -2.53. The third kappa shape index (κ3) is 7.42. The third-order valence-electron chi connectivity index (χ3n) is 10.2. The topological polar surface area (TPSA) is 135 Å². The third-order valence-corrected chi connectivity index (χ3v) is 10.2. The molecule has 3 atom stereocenters. The molecule has 274 valence electrons. The number of amides is 2. The minimum absolute atomic E-state index is 0.0849. The number of benzene rings is 2. The molecule has 0 saturated carbocycles. The first-order valence-electron chi connectivity index (χ1n) is 18.6. The smallest absolute Gasteiger partial charge is 0.410 e. The number of guanidine groups is 1. The highest BCUT2D eigenvalue weighted by Gasteiger charge is 2.38. The van der Waals surface area contributed by atoms with Crippen LogP contribution < -0.4 is 5.32 Å². The van der Waals surface area contributed by atoms with Crippen LogP contribution in [0.1, 0.15) is 84.0 Å². The van der Waals surface area contributed by atoms with Gasteiger partial charge in [-0.05, 0) is 74.6 Å². The largest absolute Gasteiger partial charge is 0.444 e. The van der Waals surface area contributed by atoms with E-state index >= 15 is 0 Å². The number of hydrogen-bond acceptors (Lipinski definition) is 8. The standard InChI is InChI=1S/C40H51N9O3/c1-25(2)34(46-38-41-19-22-47(38)6)37(50)48-20-7-9-32(48)35-42-23-30(44-35)28-15-11-26(12-16-28)27-13-17-29(18-14-27)31-24-43-36(45-31)33-10-8-21-49(33)39(51)52-40(3,4)5/h11-18,23-25,32-34H,7-10,19-22H2,1-6H3,(H,41,46)(H,42,44)(H,43,45)/t32-,33-,34-/m0/s1. The molecule has 3 N–H and O–H groups in total. The van der Waals surface area contributed by atoms with Gasteiger partial charge in [0.15, 0.2) is 5.96 Å². The van der Waals surface area contributed by atoms with E-state index in [4.69, 9.17) is 9.72 Å². The van der Waals surface area contributed by atoms with E-state index in [-0.39, 0.29) is 36.0 Å². The van der Waals surface area contributed by atoms with Gasteiger partial charge in [0.05, 0.1) is 42.4 Å². The molecule has 12 nitrogen and oxygen atoms in total. The highest BCUT2D eigenvalue weighted by Crippen LogP contribution is 2.35. The van der Waals surface area contributed by atoms with Crippen LogP contribution in [0, 0.1) is 5.92 Å². The monoisotopic (exact) mass is 705 g/mol. The number of hydrogen-bond donors (Lipinski definition) is 3. The summed E-state index contributed by atoms with van der Waals surface area (Å²) in [5.74, 6) is 2.62. The van der Waals surface area contributed by atoms with Gasteiger partial charge in [0, 0.05) is 26.7 Å². The second-order valence-electron chi connectivity index (χ2n) is 15.5. The second-order valence-corrected chi connectivity index (χ2v) is 15.5. The molecule has 7 rings (SSSR count). The Kier molecular flexibility index (Phi) is 9.82. The quantitative estimate of drug-likeness (QED) is 0.184. The van der Waals surface area contributed by atoms with Crippen molar-refractivity contribution in [3.05, 3.63) is 72.6 Å². The molecular formula is C40H51N9O3. The van der Waals surface area contributed by atoms with Gasteiger partial charge in [0.1, 0.15) is 23.3 Å². The Labute approximate surface area is 306 Å². The molecule has 2 saturated heterocycles. The van der Waals surface area contributed by atoms with E-state index in [2.05, 4.69) is 92.5 Å². The van der Waals surface area contributed by atoms with E-state index in [1.807, 2.05) is 45.1 Å². The number of imidazole rings is 2. The Balaban J connectivity index is 0.998. The Morgan fingerprint density at radius 3 is 1.77 bits per heavy atom. The lowest BCUT2D eigenvalue weighted by atomic mass is 10.0. The lowest BCUT2D eigenvalue weighted by molar-refractivity contribution is -0.135. The number of likely N-dealkylation sites (tertiary alicyclic amines) is 2. The van der Waals surface area contributed by atoms with Crippen LogP contribution in [0.5, 0.6) is 0 Å². The van der Waals surface area contributed by atoms with Gasteiger partial charge in [0.2, 0.25) is 5.91 Å². The number of rotatable bonds is 8. The molecule has 5 heterocycles. The molecule has 3 aliphatic rings. The van der Waals surface area contributed by atoms with E-state index in [9.17, 15) is 9.59 Å². The Hall–Kier alpha value is -5.13. The predicted molar refractivity (Wildman–Crippen MR) is 202 cm³/mol. The summed E-state index contributed by atoms with van der Waals surface area (Å²) in [6.45, 7) is 12.8. The van der Waals surface area contributed by atoms with Gasteiger partial charge < -0.3 is 29.8 Å². The number of nitrogens with one attached hydrogen (secondary N) is 3. The van der Waals surface area contributed by atoms with Crippen LogP contribution in [0.25, 0.3) is 33.6 Å². The Morgan fingerprint density at radius 1 is 0.788 bits per heavy atom. The molecule has 2 aromatic heterocycles. The molecule has 0 unspecified atom stereocenters. The van der Waals surface area contributed by atoms with Crippen LogP contribution in [0.15, 0.2) is 65.9 Å². The van der Waals surface area contributed by atoms with Crippen LogP contribution >= 0.6 is 0 Å². The summed E-state index contributed by atoms with van der Waals surface area (Å²) in [6.07, 6.45) is 7.01. The zero-order valence-corrected chi connectivity index (χ0v) is 31.1. The maximum atomic E-state index is 13.9. The zero-order chi connectivity index (χ0) is 36.6. The van der Waals surface area contributed by atoms with E-state index in [0.717, 1.165) is 96.6 Å². The first-order chi connectivity index (χ1) is 24.9. The highest BCUT2D eigenvalue weighted by molar-refractivity contribution is 5.90. The first-order valence-corrected chi connectivity index (χ1v) is 18.6. The summed E-state index contributed by atoms with van der Waals surface area (Å²) in [6, 6.07) is 16.3. The summed E-state index contributed by atoms with van der Waals surface area (Å²) in [7, 11) is 2.00.